The third-order valence-corrected chi connectivity index (χ3v) is 6.32. The highest BCUT2D eigenvalue weighted by atomic mass is 16.5. The van der Waals surface area contributed by atoms with Crippen LogP contribution in [0.25, 0.3) is 0 Å². The molecule has 148 valence electrons. The lowest BCUT2D eigenvalue weighted by atomic mass is 9.81. The fourth-order valence-electron chi connectivity index (χ4n) is 4.78. The number of piperidine rings is 1. The van der Waals surface area contributed by atoms with Gasteiger partial charge in [0.25, 0.3) is 0 Å². The lowest BCUT2D eigenvalue weighted by molar-refractivity contribution is -0.133. The molecule has 0 amide bonds. The Morgan fingerprint density at radius 1 is 0.857 bits per heavy atom. The number of morpholine rings is 1. The Kier molecular flexibility index (Phi) is 6.56. The summed E-state index contributed by atoms with van der Waals surface area (Å²) in [5, 5.41) is 0. The molecule has 0 saturated carbocycles. The minimum atomic E-state index is 0.225. The van der Waals surface area contributed by atoms with E-state index < -0.39 is 0 Å². The summed E-state index contributed by atoms with van der Waals surface area (Å²) in [4.78, 5) is 15.4. The van der Waals surface area contributed by atoms with E-state index in [1.807, 2.05) is 0 Å². The average Bonchev–Trinajstić information content (AvgIpc) is 2.72. The number of benzene rings is 2. The predicted molar refractivity (Wildman–Crippen MR) is 112 cm³/mol. The first-order valence-electron chi connectivity index (χ1n) is 10.7. The van der Waals surface area contributed by atoms with Crippen molar-refractivity contribution in [2.45, 2.75) is 57.2 Å². The van der Waals surface area contributed by atoms with Gasteiger partial charge in [-0.1, -0.05) is 60.7 Å². The third-order valence-electron chi connectivity index (χ3n) is 6.32. The van der Waals surface area contributed by atoms with Gasteiger partial charge in [-0.3, -0.25) is 9.69 Å². The molecular formula is C25H31NO2. The van der Waals surface area contributed by atoms with Crippen LogP contribution in [0.2, 0.25) is 0 Å². The highest BCUT2D eigenvalue weighted by Gasteiger charge is 2.40. The van der Waals surface area contributed by atoms with Crippen LogP contribution in [0, 0.1) is 5.92 Å². The first-order valence-corrected chi connectivity index (χ1v) is 10.7. The molecule has 2 saturated heterocycles. The summed E-state index contributed by atoms with van der Waals surface area (Å²) in [5.74, 6) is 0.701. The van der Waals surface area contributed by atoms with Gasteiger partial charge in [-0.15, -0.1) is 0 Å². The molecule has 2 aromatic rings. The lowest BCUT2D eigenvalue weighted by Gasteiger charge is -2.48. The molecule has 0 N–H and O–H groups in total. The summed E-state index contributed by atoms with van der Waals surface area (Å²) >= 11 is 0. The van der Waals surface area contributed by atoms with Gasteiger partial charge in [-0.2, -0.15) is 0 Å². The van der Waals surface area contributed by atoms with Gasteiger partial charge in [-0.05, 0) is 43.2 Å². The molecule has 4 rings (SSSR count). The van der Waals surface area contributed by atoms with Crippen molar-refractivity contribution in [3.05, 3.63) is 71.8 Å². The van der Waals surface area contributed by atoms with Crippen molar-refractivity contribution < 1.29 is 9.53 Å². The Balaban J connectivity index is 1.27. The van der Waals surface area contributed by atoms with E-state index in [0.717, 1.165) is 58.3 Å². The Hall–Kier alpha value is -1.97. The molecule has 0 spiro atoms. The highest BCUT2D eigenvalue weighted by Crippen LogP contribution is 2.34. The smallest absolute Gasteiger partial charge is 0.136 e. The highest BCUT2D eigenvalue weighted by molar-refractivity contribution is 5.81. The summed E-state index contributed by atoms with van der Waals surface area (Å²) in [6.07, 6.45) is 5.82. The van der Waals surface area contributed by atoms with E-state index in [1.165, 1.54) is 11.1 Å². The van der Waals surface area contributed by atoms with Gasteiger partial charge in [0.05, 0.1) is 13.2 Å². The molecule has 0 aliphatic carbocycles. The monoisotopic (exact) mass is 377 g/mol. The van der Waals surface area contributed by atoms with Crippen molar-refractivity contribution in [1.82, 2.24) is 4.90 Å². The number of rotatable bonds is 8. The standard InChI is InChI=1S/C25H31NO2/c27-25(14-8-7-11-20-9-3-1-4-10-20)22-15-23-18-28-19-24(16-22)26(23)17-21-12-5-2-6-13-21/h1-6,9-10,12-13,22-24H,7-8,11,14-19H2. The van der Waals surface area contributed by atoms with Crippen molar-refractivity contribution >= 4 is 5.78 Å². The fraction of sp³-hybridized carbons (Fsp3) is 0.480. The van der Waals surface area contributed by atoms with E-state index in [9.17, 15) is 4.79 Å². The average molecular weight is 378 g/mol. The second-order valence-corrected chi connectivity index (χ2v) is 8.33. The number of aryl methyl sites for hydroxylation is 1. The molecule has 2 atom stereocenters. The number of ether oxygens (including phenoxy) is 1. The molecule has 2 bridgehead atoms. The van der Waals surface area contributed by atoms with Gasteiger partial charge < -0.3 is 4.74 Å². The molecule has 3 nitrogen and oxygen atoms in total. The van der Waals surface area contributed by atoms with E-state index in [2.05, 4.69) is 65.6 Å². The zero-order valence-corrected chi connectivity index (χ0v) is 16.6. The molecule has 28 heavy (non-hydrogen) atoms. The van der Waals surface area contributed by atoms with E-state index in [1.54, 1.807) is 0 Å². The number of nitrogens with zero attached hydrogens (tertiary/aromatic N) is 1. The minimum absolute atomic E-state index is 0.225. The summed E-state index contributed by atoms with van der Waals surface area (Å²) in [6, 6.07) is 22.0. The number of fused-ring (bicyclic) bond motifs is 2. The minimum Gasteiger partial charge on any atom is -0.378 e. The molecule has 2 aliphatic heterocycles. The van der Waals surface area contributed by atoms with Crippen LogP contribution in [-0.4, -0.2) is 36.0 Å². The van der Waals surface area contributed by atoms with Crippen LogP contribution in [0.4, 0.5) is 0 Å². The third kappa shape index (κ3) is 4.89. The van der Waals surface area contributed by atoms with Crippen LogP contribution in [0.5, 0.6) is 0 Å². The van der Waals surface area contributed by atoms with Crippen molar-refractivity contribution in [1.29, 1.82) is 0 Å². The fourth-order valence-corrected chi connectivity index (χ4v) is 4.78. The van der Waals surface area contributed by atoms with Crippen LogP contribution < -0.4 is 0 Å². The molecule has 2 unspecified atom stereocenters. The van der Waals surface area contributed by atoms with Gasteiger partial charge >= 0.3 is 0 Å². The second kappa shape index (κ2) is 9.49. The number of carbonyl (C=O) groups is 1. The number of unbranched alkanes of at least 4 members (excludes halogenated alkanes) is 1. The van der Waals surface area contributed by atoms with Crippen LogP contribution in [0.1, 0.15) is 43.2 Å². The molecule has 2 aromatic carbocycles. The zero-order chi connectivity index (χ0) is 19.2. The topological polar surface area (TPSA) is 29.5 Å². The normalized spacial score (nSPS) is 24.8. The quantitative estimate of drug-likeness (QED) is 0.627. The van der Waals surface area contributed by atoms with E-state index >= 15 is 0 Å². The molecule has 3 heteroatoms. The number of ketones is 1. The van der Waals surface area contributed by atoms with Gasteiger partial charge in [-0.25, -0.2) is 0 Å². The number of hydrogen-bond donors (Lipinski definition) is 0. The van der Waals surface area contributed by atoms with E-state index in [0.29, 0.717) is 17.9 Å². The maximum atomic E-state index is 12.8. The maximum absolute atomic E-state index is 12.8. The summed E-state index contributed by atoms with van der Waals surface area (Å²) < 4.78 is 5.83. The largest absolute Gasteiger partial charge is 0.378 e. The first kappa shape index (κ1) is 19.4. The molecule has 0 aromatic heterocycles. The van der Waals surface area contributed by atoms with E-state index in [-0.39, 0.29) is 5.92 Å². The molecule has 2 aliphatic rings. The Morgan fingerprint density at radius 3 is 2.11 bits per heavy atom. The molecule has 0 radical (unpaired) electrons. The zero-order valence-electron chi connectivity index (χ0n) is 16.6. The Morgan fingerprint density at radius 2 is 1.46 bits per heavy atom. The summed E-state index contributed by atoms with van der Waals surface area (Å²) in [5.41, 5.74) is 2.72. The van der Waals surface area contributed by atoms with Crippen molar-refractivity contribution in [3.8, 4) is 0 Å². The Bertz CT molecular complexity index is 732. The summed E-state index contributed by atoms with van der Waals surface area (Å²) in [7, 11) is 0. The van der Waals surface area contributed by atoms with Gasteiger partial charge in [0.15, 0.2) is 0 Å². The van der Waals surface area contributed by atoms with Gasteiger partial charge in [0, 0.05) is 31.0 Å². The number of carbonyl (C=O) groups excluding carboxylic acids is 1. The van der Waals surface area contributed by atoms with Crippen LogP contribution in [0.3, 0.4) is 0 Å². The molecule has 2 heterocycles. The predicted octanol–water partition coefficient (Wildman–Crippen LogP) is 4.65. The van der Waals surface area contributed by atoms with Crippen LogP contribution >= 0.6 is 0 Å². The van der Waals surface area contributed by atoms with Gasteiger partial charge in [0.2, 0.25) is 0 Å². The van der Waals surface area contributed by atoms with Gasteiger partial charge in [0.1, 0.15) is 5.78 Å². The van der Waals surface area contributed by atoms with Crippen molar-refractivity contribution in [3.63, 3.8) is 0 Å². The van der Waals surface area contributed by atoms with Crippen LogP contribution in [-0.2, 0) is 22.5 Å². The maximum Gasteiger partial charge on any atom is 0.136 e. The second-order valence-electron chi connectivity index (χ2n) is 8.33. The molecular weight excluding hydrogens is 346 g/mol. The number of Topliss-reactive ketones (excluding diaryl/α,β-unsaturated/α-hetero) is 1. The number of hydrogen-bond acceptors (Lipinski definition) is 3. The van der Waals surface area contributed by atoms with Crippen molar-refractivity contribution in [2.75, 3.05) is 13.2 Å². The Labute approximate surface area is 168 Å². The molecule has 2 fully saturated rings. The van der Waals surface area contributed by atoms with Crippen LogP contribution in [0.15, 0.2) is 60.7 Å². The van der Waals surface area contributed by atoms with E-state index in [4.69, 9.17) is 4.74 Å². The van der Waals surface area contributed by atoms with Crippen molar-refractivity contribution in [2.24, 2.45) is 5.92 Å². The SMILES string of the molecule is O=C(CCCCc1ccccc1)C1CC2COCC(C1)N2Cc1ccccc1. The lowest BCUT2D eigenvalue weighted by Crippen LogP contribution is -2.57. The summed E-state index contributed by atoms with van der Waals surface area (Å²) in [6.45, 7) is 2.50. The first-order chi connectivity index (χ1) is 13.8.